The van der Waals surface area contributed by atoms with Crippen LogP contribution in [0.1, 0.15) is 18.9 Å². The molecule has 1 atom stereocenters. The number of nitrogens with zero attached hydrogens (tertiary/aromatic N) is 4. The first-order valence-corrected chi connectivity index (χ1v) is 8.88. The summed E-state index contributed by atoms with van der Waals surface area (Å²) in [5.41, 5.74) is 0. The maximum Gasteiger partial charge on any atom is 0.254 e. The molecule has 1 saturated heterocycles. The molecule has 1 aliphatic rings. The van der Waals surface area contributed by atoms with E-state index in [1.165, 1.54) is 4.31 Å². The molecule has 0 amide bonds. The molecule has 0 radical (unpaired) electrons. The van der Waals surface area contributed by atoms with Crippen molar-refractivity contribution in [3.8, 4) is 0 Å². The van der Waals surface area contributed by atoms with E-state index in [1.807, 2.05) is 0 Å². The maximum absolute atomic E-state index is 12.6. The molecule has 0 saturated carbocycles. The van der Waals surface area contributed by atoms with Crippen LogP contribution in [0.2, 0.25) is 5.02 Å². The second kappa shape index (κ2) is 5.44. The number of hydrogen-bond donors (Lipinski definition) is 0. The summed E-state index contributed by atoms with van der Waals surface area (Å²) < 4.78 is 28.6. The molecule has 0 spiro atoms. The SMILES string of the molecule is O=S(=O)(c1sccc1Cl)N1CCCC(n2ccnn2)C1. The Balaban J connectivity index is 1.85. The van der Waals surface area contributed by atoms with Gasteiger partial charge in [0.25, 0.3) is 10.0 Å². The van der Waals surface area contributed by atoms with Crippen molar-refractivity contribution in [1.82, 2.24) is 19.3 Å². The lowest BCUT2D eigenvalue weighted by Crippen LogP contribution is -2.40. The Bertz CT molecular complexity index is 683. The van der Waals surface area contributed by atoms with Crippen molar-refractivity contribution in [2.24, 2.45) is 0 Å². The zero-order valence-electron chi connectivity index (χ0n) is 10.5. The smallest absolute Gasteiger partial charge is 0.248 e. The molecule has 2 aromatic heterocycles. The third kappa shape index (κ3) is 2.48. The van der Waals surface area contributed by atoms with E-state index >= 15 is 0 Å². The topological polar surface area (TPSA) is 68.1 Å². The van der Waals surface area contributed by atoms with Gasteiger partial charge in [-0.05, 0) is 24.3 Å². The maximum atomic E-state index is 12.6. The molecular weight excluding hydrogens is 320 g/mol. The van der Waals surface area contributed by atoms with Crippen molar-refractivity contribution >= 4 is 33.0 Å². The number of rotatable bonds is 3. The van der Waals surface area contributed by atoms with E-state index in [-0.39, 0.29) is 15.3 Å². The lowest BCUT2D eigenvalue weighted by Gasteiger charge is -2.31. The minimum Gasteiger partial charge on any atom is -0.248 e. The van der Waals surface area contributed by atoms with E-state index in [0.717, 1.165) is 24.2 Å². The van der Waals surface area contributed by atoms with E-state index in [0.29, 0.717) is 13.1 Å². The fourth-order valence-electron chi connectivity index (χ4n) is 2.35. The van der Waals surface area contributed by atoms with E-state index in [9.17, 15) is 8.42 Å². The second-order valence-corrected chi connectivity index (χ2v) is 8.05. The van der Waals surface area contributed by atoms with E-state index < -0.39 is 10.0 Å². The van der Waals surface area contributed by atoms with Gasteiger partial charge in [-0.3, -0.25) is 0 Å². The molecule has 3 rings (SSSR count). The first kappa shape index (κ1) is 14.0. The number of piperidine rings is 1. The monoisotopic (exact) mass is 332 g/mol. The highest BCUT2D eigenvalue weighted by Gasteiger charge is 2.33. The van der Waals surface area contributed by atoms with Crippen LogP contribution in [0.15, 0.2) is 28.0 Å². The number of halogens is 1. The Hall–Kier alpha value is -0.960. The largest absolute Gasteiger partial charge is 0.254 e. The highest BCUT2D eigenvalue weighted by atomic mass is 35.5. The van der Waals surface area contributed by atoms with Gasteiger partial charge in [0.05, 0.1) is 17.3 Å². The van der Waals surface area contributed by atoms with Crippen LogP contribution in [0.25, 0.3) is 0 Å². The molecule has 1 fully saturated rings. The van der Waals surface area contributed by atoms with Gasteiger partial charge >= 0.3 is 0 Å². The molecular formula is C11H13ClN4O2S2. The fraction of sp³-hybridized carbons (Fsp3) is 0.455. The Morgan fingerprint density at radius 3 is 2.95 bits per heavy atom. The number of sulfonamides is 1. The van der Waals surface area contributed by atoms with Crippen LogP contribution in [0, 0.1) is 0 Å². The van der Waals surface area contributed by atoms with Crippen molar-refractivity contribution in [3.63, 3.8) is 0 Å². The van der Waals surface area contributed by atoms with E-state index in [2.05, 4.69) is 10.3 Å². The predicted molar refractivity (Wildman–Crippen MR) is 76.4 cm³/mol. The molecule has 9 heteroatoms. The summed E-state index contributed by atoms with van der Waals surface area (Å²) >= 11 is 7.11. The van der Waals surface area contributed by atoms with Gasteiger partial charge in [0, 0.05) is 19.3 Å². The van der Waals surface area contributed by atoms with Gasteiger partial charge in [-0.15, -0.1) is 16.4 Å². The summed E-state index contributed by atoms with van der Waals surface area (Å²) in [6.45, 7) is 0.918. The fourth-order valence-corrected chi connectivity index (χ4v) is 5.68. The van der Waals surface area contributed by atoms with Crippen LogP contribution in [0.3, 0.4) is 0 Å². The molecule has 108 valence electrons. The molecule has 3 heterocycles. The average Bonchev–Trinajstić information content (AvgIpc) is 3.10. The van der Waals surface area contributed by atoms with Crippen molar-refractivity contribution in [2.45, 2.75) is 23.1 Å². The van der Waals surface area contributed by atoms with Crippen LogP contribution < -0.4 is 0 Å². The summed E-state index contributed by atoms with van der Waals surface area (Å²) in [7, 11) is -3.51. The predicted octanol–water partition coefficient (Wildman–Crippen LogP) is 2.02. The Morgan fingerprint density at radius 1 is 1.45 bits per heavy atom. The van der Waals surface area contributed by atoms with Crippen LogP contribution in [0.4, 0.5) is 0 Å². The minimum atomic E-state index is -3.51. The number of hydrogen-bond acceptors (Lipinski definition) is 5. The second-order valence-electron chi connectivity index (χ2n) is 4.60. The van der Waals surface area contributed by atoms with Gasteiger partial charge in [-0.2, -0.15) is 4.31 Å². The summed E-state index contributed by atoms with van der Waals surface area (Å²) in [5.74, 6) is 0. The summed E-state index contributed by atoms with van der Waals surface area (Å²) in [4.78, 5) is 0. The van der Waals surface area contributed by atoms with Gasteiger partial charge in [0.15, 0.2) is 4.21 Å². The lowest BCUT2D eigenvalue weighted by atomic mass is 10.1. The van der Waals surface area contributed by atoms with Crippen LogP contribution in [-0.4, -0.2) is 40.8 Å². The number of thiophene rings is 1. The molecule has 6 nitrogen and oxygen atoms in total. The Morgan fingerprint density at radius 2 is 2.30 bits per heavy atom. The standard InChI is InChI=1S/C11H13ClN4O2S2/c12-10-3-7-19-11(10)20(17,18)15-5-1-2-9(8-15)16-6-4-13-14-16/h3-4,6-7,9H,1-2,5,8H2. The molecule has 20 heavy (non-hydrogen) atoms. The zero-order chi connectivity index (χ0) is 14.2. The van der Waals surface area contributed by atoms with Crippen LogP contribution in [-0.2, 0) is 10.0 Å². The third-order valence-electron chi connectivity index (χ3n) is 3.33. The summed E-state index contributed by atoms with van der Waals surface area (Å²) in [5, 5.41) is 9.71. The van der Waals surface area contributed by atoms with Crippen molar-refractivity contribution in [3.05, 3.63) is 28.9 Å². The first-order valence-electron chi connectivity index (χ1n) is 6.18. The first-order chi connectivity index (χ1) is 9.59. The van der Waals surface area contributed by atoms with Gasteiger partial charge in [0.1, 0.15) is 0 Å². The summed E-state index contributed by atoms with van der Waals surface area (Å²) in [6.07, 6.45) is 5.06. The Kier molecular flexibility index (Phi) is 3.80. The zero-order valence-corrected chi connectivity index (χ0v) is 12.9. The molecule has 0 bridgehead atoms. The lowest BCUT2D eigenvalue weighted by molar-refractivity contribution is 0.251. The van der Waals surface area contributed by atoms with Crippen LogP contribution >= 0.6 is 22.9 Å². The van der Waals surface area contributed by atoms with Crippen molar-refractivity contribution in [2.75, 3.05) is 13.1 Å². The molecule has 2 aromatic rings. The van der Waals surface area contributed by atoms with Gasteiger partial charge in [-0.25, -0.2) is 13.1 Å². The minimum absolute atomic E-state index is 0.0276. The van der Waals surface area contributed by atoms with Crippen molar-refractivity contribution in [1.29, 1.82) is 0 Å². The third-order valence-corrected chi connectivity index (χ3v) is 7.20. The van der Waals surface area contributed by atoms with Gasteiger partial charge < -0.3 is 0 Å². The summed E-state index contributed by atoms with van der Waals surface area (Å²) in [6, 6.07) is 1.64. The van der Waals surface area contributed by atoms with Crippen molar-refractivity contribution < 1.29 is 8.42 Å². The number of aromatic nitrogens is 3. The molecule has 1 unspecified atom stereocenters. The van der Waals surface area contributed by atoms with Gasteiger partial charge in [-0.1, -0.05) is 16.8 Å². The molecule has 1 aliphatic heterocycles. The normalized spacial score (nSPS) is 21.1. The van der Waals surface area contributed by atoms with Crippen LogP contribution in [0.5, 0.6) is 0 Å². The molecule has 0 N–H and O–H groups in total. The van der Waals surface area contributed by atoms with Gasteiger partial charge in [0.2, 0.25) is 0 Å². The quantitative estimate of drug-likeness (QED) is 0.862. The highest BCUT2D eigenvalue weighted by Crippen LogP contribution is 2.32. The average molecular weight is 333 g/mol. The Labute approximate surface area is 126 Å². The van der Waals surface area contributed by atoms with E-state index in [4.69, 9.17) is 11.6 Å². The van der Waals surface area contributed by atoms with E-state index in [1.54, 1.807) is 28.5 Å². The molecule has 0 aromatic carbocycles. The highest BCUT2D eigenvalue weighted by molar-refractivity contribution is 7.91. The molecule has 0 aliphatic carbocycles.